The Morgan fingerprint density at radius 2 is 1.95 bits per heavy atom. The second-order valence-electron chi connectivity index (χ2n) is 6.92. The zero-order valence-electron chi connectivity index (χ0n) is 14.4. The van der Waals surface area contributed by atoms with Crippen LogP contribution in [0.5, 0.6) is 0 Å². The van der Waals surface area contributed by atoms with Crippen molar-refractivity contribution in [1.29, 1.82) is 0 Å². The van der Waals surface area contributed by atoms with Gasteiger partial charge in [-0.1, -0.05) is 13.3 Å². The van der Waals surface area contributed by atoms with Crippen molar-refractivity contribution in [3.8, 4) is 0 Å². The van der Waals surface area contributed by atoms with Gasteiger partial charge in [-0.05, 0) is 59.3 Å². The van der Waals surface area contributed by atoms with E-state index in [2.05, 4.69) is 56.1 Å². The summed E-state index contributed by atoms with van der Waals surface area (Å²) >= 11 is 0. The van der Waals surface area contributed by atoms with Crippen molar-refractivity contribution in [3.05, 3.63) is 17.5 Å². The van der Waals surface area contributed by atoms with E-state index < -0.39 is 0 Å². The molecule has 1 unspecified atom stereocenters. The fourth-order valence-electron chi connectivity index (χ4n) is 3.57. The molecule has 21 heavy (non-hydrogen) atoms. The van der Waals surface area contributed by atoms with Crippen molar-refractivity contribution >= 4 is 0 Å². The summed E-state index contributed by atoms with van der Waals surface area (Å²) in [6.07, 6.45) is 5.11. The summed E-state index contributed by atoms with van der Waals surface area (Å²) < 4.78 is 2.03. The molecule has 4 heteroatoms. The molecule has 0 bridgehead atoms. The Balaban J connectivity index is 2.14. The Kier molecular flexibility index (Phi) is 5.44. The van der Waals surface area contributed by atoms with Gasteiger partial charge in [-0.3, -0.25) is 9.58 Å². The summed E-state index contributed by atoms with van der Waals surface area (Å²) in [7, 11) is 2.05. The van der Waals surface area contributed by atoms with Crippen molar-refractivity contribution in [1.82, 2.24) is 20.0 Å². The highest BCUT2D eigenvalue weighted by Crippen LogP contribution is 2.26. The van der Waals surface area contributed by atoms with Gasteiger partial charge in [0, 0.05) is 30.7 Å². The molecule has 1 aliphatic rings. The molecule has 2 rings (SSSR count). The van der Waals surface area contributed by atoms with Gasteiger partial charge in [-0.25, -0.2) is 0 Å². The fraction of sp³-hybridized carbons (Fsp3) is 0.824. The molecule has 1 saturated heterocycles. The van der Waals surface area contributed by atoms with Crippen molar-refractivity contribution in [2.24, 2.45) is 7.05 Å². The van der Waals surface area contributed by atoms with Gasteiger partial charge < -0.3 is 5.32 Å². The van der Waals surface area contributed by atoms with E-state index in [9.17, 15) is 0 Å². The molecular weight excluding hydrogens is 260 g/mol. The number of nitrogens with one attached hydrogen (secondary N) is 1. The van der Waals surface area contributed by atoms with E-state index >= 15 is 0 Å². The molecule has 1 fully saturated rings. The number of nitrogens with zero attached hydrogens (tertiary/aromatic N) is 3. The molecule has 0 spiro atoms. The fourth-order valence-corrected chi connectivity index (χ4v) is 3.57. The van der Waals surface area contributed by atoms with E-state index in [4.69, 9.17) is 0 Å². The maximum Gasteiger partial charge on any atom is 0.0596 e. The number of likely N-dealkylation sites (N-methyl/N-ethyl adjacent to an activating group) is 1. The Hall–Kier alpha value is -0.870. The third kappa shape index (κ3) is 3.86. The first-order chi connectivity index (χ1) is 9.95. The molecule has 0 amide bonds. The molecule has 0 saturated carbocycles. The zero-order valence-corrected chi connectivity index (χ0v) is 14.4. The number of likely N-dealkylation sites (tertiary alicyclic amines) is 1. The first-order valence-corrected chi connectivity index (χ1v) is 8.43. The second-order valence-corrected chi connectivity index (χ2v) is 6.92. The smallest absolute Gasteiger partial charge is 0.0596 e. The maximum absolute atomic E-state index is 4.49. The van der Waals surface area contributed by atoms with Gasteiger partial charge in [0.25, 0.3) is 0 Å². The summed E-state index contributed by atoms with van der Waals surface area (Å²) in [4.78, 5) is 2.67. The van der Waals surface area contributed by atoms with Gasteiger partial charge >= 0.3 is 0 Å². The van der Waals surface area contributed by atoms with Crippen LogP contribution in [0, 0.1) is 6.92 Å². The van der Waals surface area contributed by atoms with Crippen LogP contribution in [0.15, 0.2) is 6.07 Å². The molecule has 0 radical (unpaired) electrons. The van der Waals surface area contributed by atoms with Crippen LogP contribution >= 0.6 is 0 Å². The van der Waals surface area contributed by atoms with E-state index in [-0.39, 0.29) is 5.54 Å². The number of aromatic nitrogens is 2. The third-order valence-corrected chi connectivity index (χ3v) is 4.99. The van der Waals surface area contributed by atoms with Gasteiger partial charge in [0.05, 0.1) is 5.69 Å². The molecule has 1 N–H and O–H groups in total. The Morgan fingerprint density at radius 1 is 1.29 bits per heavy atom. The van der Waals surface area contributed by atoms with E-state index in [0.717, 1.165) is 18.7 Å². The highest BCUT2D eigenvalue weighted by molar-refractivity contribution is 5.12. The monoisotopic (exact) mass is 292 g/mol. The van der Waals surface area contributed by atoms with E-state index in [1.807, 2.05) is 4.68 Å². The van der Waals surface area contributed by atoms with Crippen LogP contribution in [-0.2, 0) is 13.5 Å². The molecule has 0 aliphatic carbocycles. The predicted molar refractivity (Wildman–Crippen MR) is 88.6 cm³/mol. The van der Waals surface area contributed by atoms with Crippen LogP contribution in [0.25, 0.3) is 0 Å². The van der Waals surface area contributed by atoms with Gasteiger partial charge in [0.2, 0.25) is 0 Å². The lowest BCUT2D eigenvalue weighted by molar-refractivity contribution is 0.0610. The van der Waals surface area contributed by atoms with Crippen LogP contribution in [0.1, 0.15) is 51.4 Å². The summed E-state index contributed by atoms with van der Waals surface area (Å²) in [6, 6.07) is 2.67. The van der Waals surface area contributed by atoms with Crippen LogP contribution in [0.2, 0.25) is 0 Å². The van der Waals surface area contributed by atoms with Crippen molar-refractivity contribution in [3.63, 3.8) is 0 Å². The number of rotatable bonds is 6. The highest BCUT2D eigenvalue weighted by atomic mass is 15.3. The minimum Gasteiger partial charge on any atom is -0.312 e. The quantitative estimate of drug-likeness (QED) is 0.874. The van der Waals surface area contributed by atoms with Crippen LogP contribution in [0.3, 0.4) is 0 Å². The summed E-state index contributed by atoms with van der Waals surface area (Å²) in [5.74, 6) is 0. The van der Waals surface area contributed by atoms with Gasteiger partial charge in [-0.15, -0.1) is 0 Å². The standard InChI is InChI=1S/C17H32N4/c1-6-18-16(13-15-12-14(2)19-20(15)5)17(3,4)21-10-8-7-9-11-21/h12,16,18H,6-11,13H2,1-5H3. The summed E-state index contributed by atoms with van der Waals surface area (Å²) in [5, 5.41) is 8.22. The van der Waals surface area contributed by atoms with Crippen LogP contribution in [-0.4, -0.2) is 45.9 Å². The summed E-state index contributed by atoms with van der Waals surface area (Å²) in [5.41, 5.74) is 2.61. The SMILES string of the molecule is CCNC(Cc1cc(C)nn1C)C(C)(C)N1CCCCC1. The summed E-state index contributed by atoms with van der Waals surface area (Å²) in [6.45, 7) is 12.6. The van der Waals surface area contributed by atoms with Crippen molar-refractivity contribution in [2.45, 2.75) is 65.0 Å². The first kappa shape index (κ1) is 16.5. The zero-order chi connectivity index (χ0) is 15.5. The molecule has 0 aromatic carbocycles. The Labute approximate surface area is 129 Å². The number of hydrogen-bond acceptors (Lipinski definition) is 3. The lowest BCUT2D eigenvalue weighted by Crippen LogP contribution is -2.59. The normalized spacial score (nSPS) is 18.9. The molecular formula is C17H32N4. The largest absolute Gasteiger partial charge is 0.312 e. The van der Waals surface area contributed by atoms with Crippen molar-refractivity contribution in [2.75, 3.05) is 19.6 Å². The minimum atomic E-state index is 0.175. The van der Waals surface area contributed by atoms with Crippen molar-refractivity contribution < 1.29 is 0 Å². The average molecular weight is 292 g/mol. The average Bonchev–Trinajstić information content (AvgIpc) is 2.77. The van der Waals surface area contributed by atoms with E-state index in [1.54, 1.807) is 0 Å². The number of hydrogen-bond donors (Lipinski definition) is 1. The van der Waals surface area contributed by atoms with Gasteiger partial charge in [0.1, 0.15) is 0 Å². The van der Waals surface area contributed by atoms with Gasteiger partial charge in [0.15, 0.2) is 0 Å². The number of aryl methyl sites for hydroxylation is 2. The van der Waals surface area contributed by atoms with E-state index in [0.29, 0.717) is 6.04 Å². The molecule has 4 nitrogen and oxygen atoms in total. The molecule has 120 valence electrons. The Bertz CT molecular complexity index is 444. The predicted octanol–water partition coefficient (Wildman–Crippen LogP) is 2.51. The first-order valence-electron chi connectivity index (χ1n) is 8.43. The Morgan fingerprint density at radius 3 is 2.48 bits per heavy atom. The molecule has 1 aliphatic heterocycles. The highest BCUT2D eigenvalue weighted by Gasteiger charge is 2.35. The van der Waals surface area contributed by atoms with Gasteiger partial charge in [-0.2, -0.15) is 5.10 Å². The number of piperidine rings is 1. The maximum atomic E-state index is 4.49. The topological polar surface area (TPSA) is 33.1 Å². The molecule has 1 atom stereocenters. The van der Waals surface area contributed by atoms with Crippen LogP contribution in [0.4, 0.5) is 0 Å². The van der Waals surface area contributed by atoms with Crippen LogP contribution < -0.4 is 5.32 Å². The molecule has 2 heterocycles. The molecule has 1 aromatic rings. The third-order valence-electron chi connectivity index (χ3n) is 4.99. The lowest BCUT2D eigenvalue weighted by atomic mass is 9.87. The molecule has 1 aromatic heterocycles. The lowest BCUT2D eigenvalue weighted by Gasteiger charge is -2.46. The van der Waals surface area contributed by atoms with E-state index in [1.165, 1.54) is 38.0 Å². The second kappa shape index (κ2) is 6.93. The minimum absolute atomic E-state index is 0.175.